The minimum absolute atomic E-state index is 0.390. The number of primary amides is 1. The molecule has 0 radical (unpaired) electrons. The molecule has 0 bridgehead atoms. The van der Waals surface area contributed by atoms with Crippen LogP contribution in [0.1, 0.15) is 28.8 Å². The lowest BCUT2D eigenvalue weighted by Gasteiger charge is -2.33. The topological polar surface area (TPSA) is 84.1 Å². The summed E-state index contributed by atoms with van der Waals surface area (Å²) in [6.45, 7) is 2.64. The molecule has 1 fully saturated rings. The molecular formula is C17H21N5O. The molecule has 1 atom stereocenters. The van der Waals surface area contributed by atoms with E-state index in [1.54, 1.807) is 12.3 Å². The molecule has 2 aromatic rings. The molecule has 3 N–H and O–H groups in total. The van der Waals surface area contributed by atoms with Gasteiger partial charge in [-0.05, 0) is 42.7 Å². The first-order chi connectivity index (χ1) is 11.2. The van der Waals surface area contributed by atoms with Crippen LogP contribution >= 0.6 is 0 Å². The van der Waals surface area contributed by atoms with Crippen LogP contribution in [0.5, 0.6) is 0 Å². The van der Waals surface area contributed by atoms with Crippen LogP contribution in [0.3, 0.4) is 0 Å². The number of aromatic nitrogens is 2. The molecule has 23 heavy (non-hydrogen) atoms. The van der Waals surface area contributed by atoms with Crippen LogP contribution < -0.4 is 16.0 Å². The number of nitrogens with two attached hydrogens (primary N) is 1. The van der Waals surface area contributed by atoms with E-state index in [4.69, 9.17) is 5.73 Å². The molecule has 1 aromatic carbocycles. The van der Waals surface area contributed by atoms with Gasteiger partial charge in [0.1, 0.15) is 0 Å². The third-order valence-electron chi connectivity index (χ3n) is 4.11. The zero-order valence-electron chi connectivity index (χ0n) is 13.0. The van der Waals surface area contributed by atoms with Crippen molar-refractivity contribution in [2.45, 2.75) is 25.4 Å². The molecule has 0 saturated carbocycles. The van der Waals surface area contributed by atoms with E-state index < -0.39 is 5.91 Å². The highest BCUT2D eigenvalue weighted by Gasteiger charge is 2.20. The van der Waals surface area contributed by atoms with E-state index in [0.717, 1.165) is 43.9 Å². The van der Waals surface area contributed by atoms with Crippen molar-refractivity contribution in [3.63, 3.8) is 0 Å². The zero-order chi connectivity index (χ0) is 16.1. The van der Waals surface area contributed by atoms with Crippen molar-refractivity contribution in [1.82, 2.24) is 15.5 Å². The van der Waals surface area contributed by atoms with Gasteiger partial charge in [0, 0.05) is 37.4 Å². The molecule has 0 aliphatic carbocycles. The molecule has 1 saturated heterocycles. The third-order valence-corrected chi connectivity index (χ3v) is 4.11. The number of carbonyl (C=O) groups is 1. The van der Waals surface area contributed by atoms with E-state index in [1.165, 1.54) is 0 Å². The van der Waals surface area contributed by atoms with Gasteiger partial charge < -0.3 is 16.0 Å². The molecule has 1 amide bonds. The van der Waals surface area contributed by atoms with Crippen molar-refractivity contribution >= 4 is 11.7 Å². The summed E-state index contributed by atoms with van der Waals surface area (Å²) < 4.78 is 0. The number of nitrogens with one attached hydrogen (secondary N) is 1. The fourth-order valence-electron chi connectivity index (χ4n) is 2.91. The van der Waals surface area contributed by atoms with Gasteiger partial charge in [-0.15, -0.1) is 5.10 Å². The Kier molecular flexibility index (Phi) is 4.83. The minimum atomic E-state index is -0.390. The summed E-state index contributed by atoms with van der Waals surface area (Å²) in [6.07, 6.45) is 3.94. The Labute approximate surface area is 135 Å². The Balaban J connectivity index is 1.58. The van der Waals surface area contributed by atoms with Gasteiger partial charge in [0.05, 0.1) is 0 Å². The average molecular weight is 311 g/mol. The van der Waals surface area contributed by atoms with Gasteiger partial charge in [-0.25, -0.2) is 0 Å². The van der Waals surface area contributed by atoms with Crippen molar-refractivity contribution in [3.05, 3.63) is 53.7 Å². The third kappa shape index (κ3) is 4.04. The van der Waals surface area contributed by atoms with E-state index in [1.807, 2.05) is 30.3 Å². The van der Waals surface area contributed by atoms with Crippen LogP contribution in [0.2, 0.25) is 0 Å². The van der Waals surface area contributed by atoms with Crippen LogP contribution in [0, 0.1) is 0 Å². The predicted octanol–water partition coefficient (Wildman–Crippen LogP) is 1.33. The van der Waals surface area contributed by atoms with E-state index in [0.29, 0.717) is 11.6 Å². The molecule has 3 rings (SSSR count). The maximum Gasteiger partial charge on any atom is 0.248 e. The average Bonchev–Trinajstić information content (AvgIpc) is 2.61. The summed E-state index contributed by atoms with van der Waals surface area (Å²) in [6, 6.07) is 11.7. The number of anilines is 1. The number of nitrogens with zero attached hydrogens (tertiary/aromatic N) is 3. The highest BCUT2D eigenvalue weighted by molar-refractivity contribution is 5.92. The van der Waals surface area contributed by atoms with E-state index >= 15 is 0 Å². The molecule has 6 heteroatoms. The zero-order valence-corrected chi connectivity index (χ0v) is 13.0. The molecule has 1 aromatic heterocycles. The second-order valence-corrected chi connectivity index (χ2v) is 5.81. The highest BCUT2D eigenvalue weighted by atomic mass is 16.1. The van der Waals surface area contributed by atoms with Crippen LogP contribution in [0.4, 0.5) is 5.82 Å². The van der Waals surface area contributed by atoms with Crippen LogP contribution in [0.15, 0.2) is 42.6 Å². The molecule has 1 aliphatic heterocycles. The van der Waals surface area contributed by atoms with Crippen molar-refractivity contribution in [2.24, 2.45) is 5.73 Å². The number of carbonyl (C=O) groups excluding carboxylic acids is 1. The summed E-state index contributed by atoms with van der Waals surface area (Å²) in [5.74, 6) is 0.535. The van der Waals surface area contributed by atoms with E-state index in [9.17, 15) is 4.79 Å². The largest absolute Gasteiger partial charge is 0.366 e. The molecule has 0 spiro atoms. The SMILES string of the molecule is NC(=O)c1cccc(CN[C@H]2CCCN(c3cccnn3)C2)c1. The Morgan fingerprint density at radius 2 is 2.26 bits per heavy atom. The number of hydrogen-bond acceptors (Lipinski definition) is 5. The van der Waals surface area contributed by atoms with Crippen LogP contribution in [0.25, 0.3) is 0 Å². The normalized spacial score (nSPS) is 17.9. The Bertz CT molecular complexity index is 661. The van der Waals surface area contributed by atoms with Gasteiger partial charge in [-0.1, -0.05) is 12.1 Å². The van der Waals surface area contributed by atoms with Crippen molar-refractivity contribution in [3.8, 4) is 0 Å². The summed E-state index contributed by atoms with van der Waals surface area (Å²) >= 11 is 0. The van der Waals surface area contributed by atoms with Gasteiger partial charge in [0.2, 0.25) is 5.91 Å². The lowest BCUT2D eigenvalue weighted by molar-refractivity contribution is 0.1000. The number of rotatable bonds is 5. The maximum absolute atomic E-state index is 11.2. The summed E-state index contributed by atoms with van der Waals surface area (Å²) in [4.78, 5) is 13.5. The van der Waals surface area contributed by atoms with Crippen LogP contribution in [-0.4, -0.2) is 35.2 Å². The monoisotopic (exact) mass is 311 g/mol. The minimum Gasteiger partial charge on any atom is -0.366 e. The Morgan fingerprint density at radius 3 is 3.04 bits per heavy atom. The van der Waals surface area contributed by atoms with Crippen LogP contribution in [-0.2, 0) is 6.54 Å². The lowest BCUT2D eigenvalue weighted by Crippen LogP contribution is -2.45. The summed E-state index contributed by atoms with van der Waals surface area (Å²) in [5, 5.41) is 11.7. The second-order valence-electron chi connectivity index (χ2n) is 5.81. The van der Waals surface area contributed by atoms with Gasteiger partial charge in [-0.3, -0.25) is 4.79 Å². The smallest absolute Gasteiger partial charge is 0.248 e. The highest BCUT2D eigenvalue weighted by Crippen LogP contribution is 2.17. The second kappa shape index (κ2) is 7.19. The molecular weight excluding hydrogens is 290 g/mol. The van der Waals surface area contributed by atoms with Gasteiger partial charge in [-0.2, -0.15) is 5.10 Å². The number of hydrogen-bond donors (Lipinski definition) is 2. The van der Waals surface area contributed by atoms with Gasteiger partial charge in [0.15, 0.2) is 5.82 Å². The van der Waals surface area contributed by atoms with Gasteiger partial charge >= 0.3 is 0 Å². The molecule has 1 aliphatic rings. The summed E-state index contributed by atoms with van der Waals surface area (Å²) in [5.41, 5.74) is 6.94. The molecule has 0 unspecified atom stereocenters. The predicted molar refractivity (Wildman–Crippen MR) is 89.1 cm³/mol. The number of piperidine rings is 1. The van der Waals surface area contributed by atoms with E-state index in [2.05, 4.69) is 20.4 Å². The standard InChI is InChI=1S/C17H21N5O/c18-17(23)14-5-1-4-13(10-14)11-19-15-6-3-9-22(12-15)16-7-2-8-20-21-16/h1-2,4-5,7-8,10,15,19H,3,6,9,11-12H2,(H2,18,23)/t15-/m0/s1. The number of benzene rings is 1. The number of amides is 1. The van der Waals surface area contributed by atoms with Crippen molar-refractivity contribution in [1.29, 1.82) is 0 Å². The fraction of sp³-hybridized carbons (Fsp3) is 0.353. The first kappa shape index (κ1) is 15.4. The molecule has 6 nitrogen and oxygen atoms in total. The molecule has 2 heterocycles. The van der Waals surface area contributed by atoms with Gasteiger partial charge in [0.25, 0.3) is 0 Å². The first-order valence-corrected chi connectivity index (χ1v) is 7.87. The Hall–Kier alpha value is -2.47. The quantitative estimate of drug-likeness (QED) is 0.870. The van der Waals surface area contributed by atoms with Crippen molar-refractivity contribution < 1.29 is 4.79 Å². The first-order valence-electron chi connectivity index (χ1n) is 7.87. The lowest BCUT2D eigenvalue weighted by atomic mass is 10.0. The maximum atomic E-state index is 11.2. The van der Waals surface area contributed by atoms with Crippen molar-refractivity contribution in [2.75, 3.05) is 18.0 Å². The summed E-state index contributed by atoms with van der Waals surface area (Å²) in [7, 11) is 0. The fourth-order valence-corrected chi connectivity index (χ4v) is 2.91. The van der Waals surface area contributed by atoms with E-state index in [-0.39, 0.29) is 0 Å². The Morgan fingerprint density at radius 1 is 1.35 bits per heavy atom. The molecule has 120 valence electrons.